The van der Waals surface area contributed by atoms with E-state index in [1.165, 1.54) is 0 Å². The van der Waals surface area contributed by atoms with Crippen molar-refractivity contribution in [3.63, 3.8) is 0 Å². The predicted octanol–water partition coefficient (Wildman–Crippen LogP) is 7.37. The molecule has 7 heteroatoms. The summed E-state index contributed by atoms with van der Waals surface area (Å²) < 4.78 is 6.20. The third-order valence-electron chi connectivity index (χ3n) is 6.69. The molecule has 2 unspecified atom stereocenters. The van der Waals surface area contributed by atoms with E-state index in [2.05, 4.69) is 11.0 Å². The number of fused-ring (bicyclic) bond motifs is 2. The van der Waals surface area contributed by atoms with Gasteiger partial charge in [0.25, 0.3) is 5.91 Å². The molecule has 1 amide bonds. The fourth-order valence-corrected chi connectivity index (χ4v) is 6.69. The fraction of sp³-hybridized carbons (Fsp3) is 0.286. The molecular formula is C28H24Cl2N2O2S. The van der Waals surface area contributed by atoms with Crippen molar-refractivity contribution in [2.45, 2.75) is 54.5 Å². The molecule has 0 aromatic heterocycles. The number of hydrogen-bond donors (Lipinski definition) is 0. The van der Waals surface area contributed by atoms with Gasteiger partial charge in [-0.2, -0.15) is 5.26 Å². The Balaban J connectivity index is 1.21. The van der Waals surface area contributed by atoms with E-state index >= 15 is 0 Å². The van der Waals surface area contributed by atoms with E-state index < -0.39 is 0 Å². The molecule has 2 bridgehead atoms. The lowest BCUT2D eigenvalue weighted by Gasteiger charge is -2.39. The second-order valence-corrected chi connectivity index (χ2v) is 10.8. The Morgan fingerprint density at radius 2 is 1.66 bits per heavy atom. The highest BCUT2D eigenvalue weighted by Crippen LogP contribution is 2.39. The molecule has 2 aliphatic rings. The average molecular weight is 523 g/mol. The van der Waals surface area contributed by atoms with Crippen LogP contribution in [0, 0.1) is 11.3 Å². The largest absolute Gasteiger partial charge is 0.490 e. The van der Waals surface area contributed by atoms with Crippen molar-refractivity contribution in [1.29, 1.82) is 5.26 Å². The summed E-state index contributed by atoms with van der Waals surface area (Å²) in [5, 5.41) is 10.4. The predicted molar refractivity (Wildman–Crippen MR) is 140 cm³/mol. The molecule has 2 aliphatic heterocycles. The first-order valence-electron chi connectivity index (χ1n) is 11.7. The summed E-state index contributed by atoms with van der Waals surface area (Å²) >= 11 is 14.1. The van der Waals surface area contributed by atoms with Crippen LogP contribution in [0.4, 0.5) is 0 Å². The molecule has 0 spiro atoms. The Morgan fingerprint density at radius 3 is 2.31 bits per heavy atom. The van der Waals surface area contributed by atoms with Gasteiger partial charge in [-0.3, -0.25) is 4.79 Å². The summed E-state index contributed by atoms with van der Waals surface area (Å²) in [6, 6.07) is 23.2. The monoisotopic (exact) mass is 522 g/mol. The van der Waals surface area contributed by atoms with E-state index in [0.29, 0.717) is 21.2 Å². The van der Waals surface area contributed by atoms with Gasteiger partial charge in [0.15, 0.2) is 0 Å². The van der Waals surface area contributed by atoms with E-state index in [-0.39, 0.29) is 24.1 Å². The maximum absolute atomic E-state index is 13.4. The number of hydrogen-bond acceptors (Lipinski definition) is 4. The highest BCUT2D eigenvalue weighted by Gasteiger charge is 2.44. The van der Waals surface area contributed by atoms with Gasteiger partial charge in [-0.1, -0.05) is 47.5 Å². The second-order valence-electron chi connectivity index (χ2n) is 8.98. The summed E-state index contributed by atoms with van der Waals surface area (Å²) in [7, 11) is 0. The lowest BCUT2D eigenvalue weighted by Crippen LogP contribution is -2.49. The number of thioether (sulfide) groups is 1. The summed E-state index contributed by atoms with van der Waals surface area (Å²) in [6.45, 7) is 0. The maximum atomic E-state index is 13.4. The van der Waals surface area contributed by atoms with Gasteiger partial charge < -0.3 is 9.64 Å². The van der Waals surface area contributed by atoms with Gasteiger partial charge in [-0.25, -0.2) is 0 Å². The number of halogens is 2. The quantitative estimate of drug-likeness (QED) is 0.317. The Hall–Kier alpha value is -2.65. The number of nitriles is 1. The van der Waals surface area contributed by atoms with Gasteiger partial charge in [0.05, 0.1) is 21.7 Å². The third-order valence-corrected chi connectivity index (χ3v) is 8.75. The van der Waals surface area contributed by atoms with Crippen molar-refractivity contribution < 1.29 is 9.53 Å². The summed E-state index contributed by atoms with van der Waals surface area (Å²) in [5.74, 6) is 1.54. The smallest absolute Gasteiger partial charge is 0.254 e. The molecule has 5 rings (SSSR count). The first-order valence-corrected chi connectivity index (χ1v) is 13.4. The van der Waals surface area contributed by atoms with E-state index in [4.69, 9.17) is 33.2 Å². The van der Waals surface area contributed by atoms with Crippen LogP contribution in [-0.2, 0) is 5.75 Å². The molecule has 4 nitrogen and oxygen atoms in total. The van der Waals surface area contributed by atoms with Crippen LogP contribution in [0.2, 0.25) is 10.0 Å². The van der Waals surface area contributed by atoms with E-state index in [1.54, 1.807) is 23.9 Å². The number of carbonyl (C=O) groups is 1. The molecule has 3 aromatic carbocycles. The minimum Gasteiger partial charge on any atom is -0.490 e. The minimum absolute atomic E-state index is 0.0570. The lowest BCUT2D eigenvalue weighted by molar-refractivity contribution is 0.0359. The number of piperidine rings is 1. The molecule has 178 valence electrons. The van der Waals surface area contributed by atoms with Crippen LogP contribution in [0.5, 0.6) is 5.75 Å². The van der Waals surface area contributed by atoms with Crippen LogP contribution in [0.3, 0.4) is 0 Å². The Morgan fingerprint density at radius 1 is 1.00 bits per heavy atom. The van der Waals surface area contributed by atoms with Crippen molar-refractivity contribution in [2.24, 2.45) is 0 Å². The number of benzene rings is 3. The zero-order valence-corrected chi connectivity index (χ0v) is 21.3. The van der Waals surface area contributed by atoms with Crippen LogP contribution < -0.4 is 4.74 Å². The lowest BCUT2D eigenvalue weighted by atomic mass is 9.98. The van der Waals surface area contributed by atoms with Crippen molar-refractivity contribution in [3.8, 4) is 11.8 Å². The molecule has 3 aromatic rings. The topological polar surface area (TPSA) is 53.3 Å². The maximum Gasteiger partial charge on any atom is 0.254 e. The highest BCUT2D eigenvalue weighted by molar-refractivity contribution is 7.98. The number of carbonyl (C=O) groups excluding carboxylic acids is 1. The van der Waals surface area contributed by atoms with Crippen LogP contribution >= 0.6 is 35.0 Å². The van der Waals surface area contributed by atoms with Gasteiger partial charge in [0.2, 0.25) is 0 Å². The van der Waals surface area contributed by atoms with Crippen molar-refractivity contribution in [2.75, 3.05) is 0 Å². The number of nitrogens with zero attached hydrogens (tertiary/aromatic N) is 2. The molecule has 2 heterocycles. The standard InChI is InChI=1S/C28H24Cl2N2O2S/c29-25-5-2-6-26(30)27(25)35-17-18-7-9-20(10-8-18)28(33)32-21-11-12-22(32)15-24(14-21)34-23-4-1-3-19(13-23)16-31/h1-10,13,21-22,24H,11-12,14-15,17H2. The fourth-order valence-electron chi connectivity index (χ4n) is 5.05. The SMILES string of the molecule is N#Cc1cccc(OC2CC3CCC(C2)N3C(=O)c2ccc(CSc3c(Cl)cccc3Cl)cc2)c1. The van der Waals surface area contributed by atoms with Gasteiger partial charge in [0, 0.05) is 41.1 Å². The molecule has 2 saturated heterocycles. The highest BCUT2D eigenvalue weighted by atomic mass is 35.5. The second kappa shape index (κ2) is 10.5. The van der Waals surface area contributed by atoms with Crippen molar-refractivity contribution in [1.82, 2.24) is 4.90 Å². The Kier molecular flexibility index (Phi) is 7.24. The van der Waals surface area contributed by atoms with Crippen molar-refractivity contribution >= 4 is 40.9 Å². The summed E-state index contributed by atoms with van der Waals surface area (Å²) in [6.07, 6.45) is 3.68. The zero-order valence-electron chi connectivity index (χ0n) is 19.0. The summed E-state index contributed by atoms with van der Waals surface area (Å²) in [5.41, 5.74) is 2.42. The molecule has 2 fully saturated rings. The molecule has 0 N–H and O–H groups in total. The van der Waals surface area contributed by atoms with Gasteiger partial charge in [-0.05, 0) is 60.9 Å². The normalized spacial score (nSPS) is 20.9. The summed E-state index contributed by atoms with van der Waals surface area (Å²) in [4.78, 5) is 16.3. The van der Waals surface area contributed by atoms with Gasteiger partial charge >= 0.3 is 0 Å². The zero-order chi connectivity index (χ0) is 24.4. The van der Waals surface area contributed by atoms with Gasteiger partial charge in [-0.15, -0.1) is 11.8 Å². The van der Waals surface area contributed by atoms with Crippen molar-refractivity contribution in [3.05, 3.63) is 93.5 Å². The number of ether oxygens (including phenoxy) is 1. The first-order chi connectivity index (χ1) is 17.0. The van der Waals surface area contributed by atoms with E-state index in [1.807, 2.05) is 54.6 Å². The molecule has 0 saturated carbocycles. The molecule has 0 radical (unpaired) electrons. The molecule has 35 heavy (non-hydrogen) atoms. The van der Waals surface area contributed by atoms with Gasteiger partial charge in [0.1, 0.15) is 11.9 Å². The molecule has 2 atom stereocenters. The Bertz CT molecular complexity index is 1240. The molecular weight excluding hydrogens is 499 g/mol. The first kappa shape index (κ1) is 24.1. The van der Waals surface area contributed by atoms with Crippen LogP contribution in [0.25, 0.3) is 0 Å². The van der Waals surface area contributed by atoms with Crippen LogP contribution in [0.15, 0.2) is 71.6 Å². The average Bonchev–Trinajstić information content (AvgIpc) is 3.14. The van der Waals surface area contributed by atoms with E-state index in [9.17, 15) is 4.79 Å². The number of amides is 1. The van der Waals surface area contributed by atoms with Crippen LogP contribution in [0.1, 0.15) is 47.2 Å². The molecule has 0 aliphatic carbocycles. The van der Waals surface area contributed by atoms with Crippen LogP contribution in [-0.4, -0.2) is 29.0 Å². The van der Waals surface area contributed by atoms with E-state index in [0.717, 1.165) is 47.6 Å². The Labute approximate surface area is 219 Å². The third kappa shape index (κ3) is 5.30. The minimum atomic E-state index is 0.0570. The number of rotatable bonds is 6.